The summed E-state index contributed by atoms with van der Waals surface area (Å²) in [6.07, 6.45) is -4.37. The number of benzene rings is 1. The molecule has 14 heavy (non-hydrogen) atoms. The van der Waals surface area contributed by atoms with Gasteiger partial charge in [0.25, 0.3) is 0 Å². The second kappa shape index (κ2) is 3.61. The molecule has 1 nitrogen and oxygen atoms in total. The van der Waals surface area contributed by atoms with E-state index in [2.05, 4.69) is 0 Å². The third-order valence-corrected chi connectivity index (χ3v) is 1.96. The largest absolute Gasteiger partial charge is 0.407 e. The van der Waals surface area contributed by atoms with Crippen molar-refractivity contribution in [3.63, 3.8) is 0 Å². The molecule has 4 heteroatoms. The van der Waals surface area contributed by atoms with Crippen LogP contribution < -0.4 is 5.73 Å². The van der Waals surface area contributed by atoms with Gasteiger partial charge in [0.15, 0.2) is 0 Å². The van der Waals surface area contributed by atoms with Crippen molar-refractivity contribution in [3.8, 4) is 0 Å². The molecule has 2 N–H and O–H groups in total. The van der Waals surface area contributed by atoms with Gasteiger partial charge in [0.2, 0.25) is 0 Å². The molecule has 0 spiro atoms. The number of aryl methyl sites for hydroxylation is 2. The van der Waals surface area contributed by atoms with Crippen LogP contribution in [0.4, 0.5) is 13.2 Å². The maximum Gasteiger partial charge on any atom is 0.407 e. The van der Waals surface area contributed by atoms with E-state index in [-0.39, 0.29) is 5.56 Å². The normalized spacial score (nSPS) is 14.1. The van der Waals surface area contributed by atoms with Crippen LogP contribution in [0.15, 0.2) is 18.2 Å². The Balaban J connectivity index is 3.07. The lowest BCUT2D eigenvalue weighted by Crippen LogP contribution is -2.28. The van der Waals surface area contributed by atoms with Crippen molar-refractivity contribution in [1.82, 2.24) is 0 Å². The lowest BCUT2D eigenvalue weighted by molar-refractivity contribution is -0.149. The van der Waals surface area contributed by atoms with E-state index in [0.29, 0.717) is 0 Å². The molecule has 78 valence electrons. The molecule has 0 saturated heterocycles. The second-order valence-electron chi connectivity index (χ2n) is 3.44. The third kappa shape index (κ3) is 2.48. The number of rotatable bonds is 1. The lowest BCUT2D eigenvalue weighted by atomic mass is 10.0. The van der Waals surface area contributed by atoms with Gasteiger partial charge in [-0.15, -0.1) is 0 Å². The van der Waals surface area contributed by atoms with Crippen LogP contribution in [-0.4, -0.2) is 6.18 Å². The van der Waals surface area contributed by atoms with Crippen LogP contribution in [0.5, 0.6) is 0 Å². The Hall–Kier alpha value is -1.03. The van der Waals surface area contributed by atoms with E-state index in [1.54, 1.807) is 13.8 Å². The molecular formula is C10H12F3N. The number of hydrogen-bond acceptors (Lipinski definition) is 1. The molecule has 1 rings (SSSR count). The van der Waals surface area contributed by atoms with Crippen LogP contribution in [0.2, 0.25) is 0 Å². The van der Waals surface area contributed by atoms with E-state index in [1.165, 1.54) is 12.1 Å². The zero-order chi connectivity index (χ0) is 10.9. The van der Waals surface area contributed by atoms with Gasteiger partial charge in [-0.3, -0.25) is 0 Å². The highest BCUT2D eigenvalue weighted by molar-refractivity contribution is 5.31. The molecule has 1 aromatic carbocycles. The van der Waals surface area contributed by atoms with Gasteiger partial charge in [-0.25, -0.2) is 0 Å². The highest BCUT2D eigenvalue weighted by Gasteiger charge is 2.37. The van der Waals surface area contributed by atoms with Crippen molar-refractivity contribution in [2.75, 3.05) is 0 Å². The van der Waals surface area contributed by atoms with E-state index in [0.717, 1.165) is 11.1 Å². The Morgan fingerprint density at radius 1 is 1.07 bits per heavy atom. The zero-order valence-electron chi connectivity index (χ0n) is 8.02. The number of hydrogen-bond donors (Lipinski definition) is 1. The molecule has 0 bridgehead atoms. The highest BCUT2D eigenvalue weighted by atomic mass is 19.4. The van der Waals surface area contributed by atoms with E-state index in [1.807, 2.05) is 6.07 Å². The van der Waals surface area contributed by atoms with Crippen molar-refractivity contribution in [2.24, 2.45) is 5.73 Å². The maximum atomic E-state index is 12.3. The molecular weight excluding hydrogens is 191 g/mol. The van der Waals surface area contributed by atoms with Gasteiger partial charge in [-0.05, 0) is 19.4 Å². The molecule has 0 aromatic heterocycles. The first kappa shape index (κ1) is 11.0. The molecule has 0 aliphatic carbocycles. The third-order valence-electron chi connectivity index (χ3n) is 1.96. The fraction of sp³-hybridized carbons (Fsp3) is 0.400. The van der Waals surface area contributed by atoms with Gasteiger partial charge < -0.3 is 5.73 Å². The first-order chi connectivity index (χ1) is 6.30. The fourth-order valence-corrected chi connectivity index (χ4v) is 1.38. The average Bonchev–Trinajstić information content (AvgIpc) is 1.99. The Labute approximate surface area is 80.7 Å². The molecule has 1 aromatic rings. The molecule has 0 radical (unpaired) electrons. The zero-order valence-corrected chi connectivity index (χ0v) is 8.02. The Morgan fingerprint density at radius 2 is 1.50 bits per heavy atom. The van der Waals surface area contributed by atoms with Crippen molar-refractivity contribution < 1.29 is 13.2 Å². The van der Waals surface area contributed by atoms with Gasteiger partial charge in [0, 0.05) is 0 Å². The highest BCUT2D eigenvalue weighted by Crippen LogP contribution is 2.31. The summed E-state index contributed by atoms with van der Waals surface area (Å²) in [6.45, 7) is 3.50. The first-order valence-electron chi connectivity index (χ1n) is 4.21. The molecule has 0 heterocycles. The lowest BCUT2D eigenvalue weighted by Gasteiger charge is -2.16. The van der Waals surface area contributed by atoms with Crippen LogP contribution in [0, 0.1) is 13.8 Å². The second-order valence-corrected chi connectivity index (χ2v) is 3.44. The molecule has 0 saturated carbocycles. The van der Waals surface area contributed by atoms with Crippen molar-refractivity contribution in [2.45, 2.75) is 26.1 Å². The summed E-state index contributed by atoms with van der Waals surface area (Å²) in [4.78, 5) is 0. The molecule has 1 atom stereocenters. The van der Waals surface area contributed by atoms with E-state index in [4.69, 9.17) is 5.73 Å². The van der Waals surface area contributed by atoms with Crippen LogP contribution in [-0.2, 0) is 0 Å². The summed E-state index contributed by atoms with van der Waals surface area (Å²) in [5.41, 5.74) is 6.79. The van der Waals surface area contributed by atoms with Gasteiger partial charge in [-0.1, -0.05) is 29.3 Å². The Bertz CT molecular complexity index is 310. The predicted molar refractivity (Wildman–Crippen MR) is 48.9 cm³/mol. The topological polar surface area (TPSA) is 26.0 Å². The fourth-order valence-electron chi connectivity index (χ4n) is 1.38. The monoisotopic (exact) mass is 203 g/mol. The summed E-state index contributed by atoms with van der Waals surface area (Å²) in [6, 6.07) is 2.85. The molecule has 1 unspecified atom stereocenters. The summed E-state index contributed by atoms with van der Waals surface area (Å²) < 4.78 is 36.8. The Kier molecular flexibility index (Phi) is 2.85. The number of halogens is 3. The van der Waals surface area contributed by atoms with Crippen molar-refractivity contribution >= 4 is 0 Å². The van der Waals surface area contributed by atoms with Gasteiger partial charge in [0.1, 0.15) is 6.04 Å². The summed E-state index contributed by atoms with van der Waals surface area (Å²) >= 11 is 0. The van der Waals surface area contributed by atoms with Crippen LogP contribution in [0.3, 0.4) is 0 Å². The van der Waals surface area contributed by atoms with Gasteiger partial charge in [-0.2, -0.15) is 13.2 Å². The van der Waals surface area contributed by atoms with Gasteiger partial charge >= 0.3 is 6.18 Å². The van der Waals surface area contributed by atoms with E-state index < -0.39 is 12.2 Å². The van der Waals surface area contributed by atoms with Crippen LogP contribution >= 0.6 is 0 Å². The Morgan fingerprint density at radius 3 is 1.86 bits per heavy atom. The molecule has 0 fully saturated rings. The van der Waals surface area contributed by atoms with E-state index >= 15 is 0 Å². The summed E-state index contributed by atoms with van der Waals surface area (Å²) in [7, 11) is 0. The number of nitrogens with two attached hydrogens (primary N) is 1. The minimum Gasteiger partial charge on any atom is -0.316 e. The minimum atomic E-state index is -4.37. The minimum absolute atomic E-state index is 0.120. The van der Waals surface area contributed by atoms with E-state index in [9.17, 15) is 13.2 Å². The van der Waals surface area contributed by atoms with Crippen LogP contribution in [0.1, 0.15) is 22.7 Å². The average molecular weight is 203 g/mol. The number of alkyl halides is 3. The SMILES string of the molecule is Cc1cc(C)cc(C(N)C(F)(F)F)c1. The standard InChI is InChI=1S/C10H12F3N/c1-6-3-7(2)5-8(4-6)9(14)10(11,12)13/h3-5,9H,14H2,1-2H3. The molecule has 0 amide bonds. The van der Waals surface area contributed by atoms with Crippen molar-refractivity contribution in [1.29, 1.82) is 0 Å². The van der Waals surface area contributed by atoms with Gasteiger partial charge in [0.05, 0.1) is 0 Å². The molecule has 0 aliphatic rings. The molecule has 0 aliphatic heterocycles. The quantitative estimate of drug-likeness (QED) is 0.746. The smallest absolute Gasteiger partial charge is 0.316 e. The maximum absolute atomic E-state index is 12.3. The predicted octanol–water partition coefficient (Wildman–Crippen LogP) is 2.87. The summed E-state index contributed by atoms with van der Waals surface area (Å²) in [5, 5.41) is 0. The first-order valence-corrected chi connectivity index (χ1v) is 4.21. The van der Waals surface area contributed by atoms with Crippen molar-refractivity contribution in [3.05, 3.63) is 34.9 Å². The van der Waals surface area contributed by atoms with Crippen LogP contribution in [0.25, 0.3) is 0 Å². The summed E-state index contributed by atoms with van der Waals surface area (Å²) in [5.74, 6) is 0.